The number of nitrogens with two attached hydrogens (primary N) is 1. The second kappa shape index (κ2) is 4.08. The van der Waals surface area contributed by atoms with E-state index in [4.69, 9.17) is 10.5 Å². The van der Waals surface area contributed by atoms with Gasteiger partial charge in [-0.25, -0.2) is 4.79 Å². The molecule has 0 amide bonds. The fraction of sp³-hybridized carbons (Fsp3) is 0.667. The third kappa shape index (κ3) is 1.54. The van der Waals surface area contributed by atoms with Crippen molar-refractivity contribution >= 4 is 5.97 Å². The molecule has 0 aromatic heterocycles. The third-order valence-corrected chi connectivity index (χ3v) is 2.46. The second-order valence-electron chi connectivity index (χ2n) is 3.26. The number of carbonyl (C=O) groups excluding carboxylic acids is 1. The van der Waals surface area contributed by atoms with E-state index in [-0.39, 0.29) is 0 Å². The van der Waals surface area contributed by atoms with Crippen LogP contribution in [-0.2, 0) is 14.3 Å². The Morgan fingerprint density at radius 2 is 2.50 bits per heavy atom. The van der Waals surface area contributed by atoms with Crippen molar-refractivity contribution in [2.24, 2.45) is 5.73 Å². The van der Waals surface area contributed by atoms with Crippen LogP contribution in [-0.4, -0.2) is 42.5 Å². The molecule has 1 fully saturated rings. The summed E-state index contributed by atoms with van der Waals surface area (Å²) in [6, 6.07) is 0. The monoisotopic (exact) mass is 201 g/mol. The van der Waals surface area contributed by atoms with Gasteiger partial charge in [0.05, 0.1) is 19.8 Å². The van der Waals surface area contributed by atoms with Crippen LogP contribution in [0.4, 0.5) is 0 Å². The smallest absolute Gasteiger partial charge is 0.331 e. The Morgan fingerprint density at radius 1 is 1.86 bits per heavy atom. The molecule has 1 aliphatic rings. The van der Waals surface area contributed by atoms with Crippen LogP contribution in [0.25, 0.3) is 0 Å². The van der Waals surface area contributed by atoms with E-state index in [9.17, 15) is 9.90 Å². The van der Waals surface area contributed by atoms with Crippen molar-refractivity contribution in [1.29, 1.82) is 0 Å². The van der Waals surface area contributed by atoms with Crippen molar-refractivity contribution in [3.8, 4) is 0 Å². The Hall–Kier alpha value is -0.910. The Balaban J connectivity index is 2.96. The summed E-state index contributed by atoms with van der Waals surface area (Å²) in [5, 5.41) is 9.68. The molecule has 0 aromatic rings. The molecule has 1 aliphatic heterocycles. The van der Waals surface area contributed by atoms with Crippen LogP contribution in [0.15, 0.2) is 12.7 Å². The summed E-state index contributed by atoms with van der Waals surface area (Å²) in [5.41, 5.74) is 4.26. The predicted molar refractivity (Wildman–Crippen MR) is 49.5 cm³/mol. The molecule has 3 N–H and O–H groups in total. The van der Waals surface area contributed by atoms with Crippen LogP contribution in [0.2, 0.25) is 0 Å². The summed E-state index contributed by atoms with van der Waals surface area (Å²) < 4.78 is 9.78. The molecule has 1 rings (SSSR count). The van der Waals surface area contributed by atoms with Gasteiger partial charge in [0.1, 0.15) is 6.10 Å². The van der Waals surface area contributed by atoms with Gasteiger partial charge in [0.2, 0.25) is 0 Å². The molecule has 0 radical (unpaired) electrons. The minimum absolute atomic E-state index is 0.315. The Morgan fingerprint density at radius 3 is 3.00 bits per heavy atom. The number of esters is 1. The zero-order valence-electron chi connectivity index (χ0n) is 8.10. The first-order chi connectivity index (χ1) is 6.57. The largest absolute Gasteiger partial charge is 0.467 e. The minimum atomic E-state index is -1.53. The fourth-order valence-corrected chi connectivity index (χ4v) is 1.57. The van der Waals surface area contributed by atoms with Gasteiger partial charge in [-0.1, -0.05) is 6.08 Å². The zero-order valence-corrected chi connectivity index (χ0v) is 8.10. The van der Waals surface area contributed by atoms with Gasteiger partial charge >= 0.3 is 5.97 Å². The number of rotatable bonds is 2. The van der Waals surface area contributed by atoms with Gasteiger partial charge in [0.25, 0.3) is 0 Å². The topological polar surface area (TPSA) is 81.8 Å². The number of hydrogen-bond acceptors (Lipinski definition) is 5. The third-order valence-electron chi connectivity index (χ3n) is 2.46. The molecule has 0 aromatic carbocycles. The van der Waals surface area contributed by atoms with Crippen LogP contribution < -0.4 is 5.73 Å². The lowest BCUT2D eigenvalue weighted by molar-refractivity contribution is -0.167. The highest BCUT2D eigenvalue weighted by atomic mass is 16.5. The Kier molecular flexibility index (Phi) is 3.25. The standard InChI is InChI=1S/C9H15NO4/c1-3-7-9(10,8(12)13-2)6(11)4-5-14-7/h3,6-7,11H,1,4-5,10H2,2H3/t6-,7+,9-/m0/s1. The summed E-state index contributed by atoms with van der Waals surface area (Å²) >= 11 is 0. The van der Waals surface area contributed by atoms with Gasteiger partial charge in [-0.2, -0.15) is 0 Å². The zero-order chi connectivity index (χ0) is 10.8. The maximum absolute atomic E-state index is 11.4. The number of hydrogen-bond donors (Lipinski definition) is 2. The number of aliphatic hydroxyl groups is 1. The average molecular weight is 201 g/mol. The highest BCUT2D eigenvalue weighted by molar-refractivity contribution is 5.82. The molecule has 3 atom stereocenters. The van der Waals surface area contributed by atoms with E-state index in [1.165, 1.54) is 13.2 Å². The van der Waals surface area contributed by atoms with Crippen LogP contribution in [0.1, 0.15) is 6.42 Å². The van der Waals surface area contributed by atoms with Crippen molar-refractivity contribution in [1.82, 2.24) is 0 Å². The number of aliphatic hydroxyl groups excluding tert-OH is 1. The Bertz CT molecular complexity index is 243. The normalized spacial score (nSPS) is 37.6. The molecule has 0 aliphatic carbocycles. The number of methoxy groups -OCH3 is 1. The SMILES string of the molecule is C=C[C@H]1OCC[C@H](O)[C@@]1(N)C(=O)OC. The van der Waals surface area contributed by atoms with Crippen molar-refractivity contribution in [3.05, 3.63) is 12.7 Å². The molecule has 1 saturated heterocycles. The molecule has 80 valence electrons. The van der Waals surface area contributed by atoms with E-state index in [0.29, 0.717) is 13.0 Å². The summed E-state index contributed by atoms with van der Waals surface area (Å²) in [6.45, 7) is 3.86. The van der Waals surface area contributed by atoms with Crippen molar-refractivity contribution in [2.75, 3.05) is 13.7 Å². The predicted octanol–water partition coefficient (Wildman–Crippen LogP) is -0.807. The summed E-state index contributed by atoms with van der Waals surface area (Å²) in [4.78, 5) is 11.4. The van der Waals surface area contributed by atoms with E-state index in [1.807, 2.05) is 0 Å². The van der Waals surface area contributed by atoms with Gasteiger partial charge in [-0.3, -0.25) is 0 Å². The van der Waals surface area contributed by atoms with Crippen LogP contribution in [0.3, 0.4) is 0 Å². The van der Waals surface area contributed by atoms with Crippen LogP contribution >= 0.6 is 0 Å². The molecule has 0 saturated carbocycles. The van der Waals surface area contributed by atoms with E-state index in [2.05, 4.69) is 11.3 Å². The van der Waals surface area contributed by atoms with Gasteiger partial charge in [-0.05, 0) is 6.42 Å². The number of ether oxygens (including phenoxy) is 2. The van der Waals surface area contributed by atoms with Crippen molar-refractivity contribution in [3.63, 3.8) is 0 Å². The van der Waals surface area contributed by atoms with Gasteiger partial charge in [-0.15, -0.1) is 6.58 Å². The average Bonchev–Trinajstić information content (AvgIpc) is 2.20. The van der Waals surface area contributed by atoms with Crippen LogP contribution in [0.5, 0.6) is 0 Å². The first kappa shape index (κ1) is 11.2. The molecule has 5 nitrogen and oxygen atoms in total. The lowest BCUT2D eigenvalue weighted by Crippen LogP contribution is -2.67. The molecule has 0 bridgehead atoms. The summed E-state index contributed by atoms with van der Waals surface area (Å²) in [7, 11) is 1.22. The first-order valence-electron chi connectivity index (χ1n) is 4.36. The van der Waals surface area contributed by atoms with E-state index in [0.717, 1.165) is 0 Å². The van der Waals surface area contributed by atoms with Gasteiger partial charge in [0.15, 0.2) is 5.54 Å². The minimum Gasteiger partial charge on any atom is -0.467 e. The van der Waals surface area contributed by atoms with Crippen LogP contribution in [0, 0.1) is 0 Å². The van der Waals surface area contributed by atoms with Gasteiger partial charge in [0, 0.05) is 0 Å². The summed E-state index contributed by atoms with van der Waals surface area (Å²) in [5.74, 6) is -0.686. The highest BCUT2D eigenvalue weighted by Gasteiger charge is 2.51. The van der Waals surface area contributed by atoms with Gasteiger partial charge < -0.3 is 20.3 Å². The van der Waals surface area contributed by atoms with E-state index < -0.39 is 23.7 Å². The molecule has 0 spiro atoms. The van der Waals surface area contributed by atoms with Crippen molar-refractivity contribution < 1.29 is 19.4 Å². The first-order valence-corrected chi connectivity index (χ1v) is 4.36. The summed E-state index contributed by atoms with van der Waals surface area (Å²) in [6.07, 6.45) is 0.0419. The molecule has 1 heterocycles. The lowest BCUT2D eigenvalue weighted by atomic mass is 9.83. The number of carbonyl (C=O) groups is 1. The highest BCUT2D eigenvalue weighted by Crippen LogP contribution is 2.25. The lowest BCUT2D eigenvalue weighted by Gasteiger charge is -2.40. The Labute approximate surface area is 82.5 Å². The molecular weight excluding hydrogens is 186 g/mol. The molecule has 14 heavy (non-hydrogen) atoms. The second-order valence-corrected chi connectivity index (χ2v) is 3.26. The quantitative estimate of drug-likeness (QED) is 0.451. The molecule has 5 heteroatoms. The maximum Gasteiger partial charge on any atom is 0.331 e. The fourth-order valence-electron chi connectivity index (χ4n) is 1.57. The molecule has 0 unspecified atom stereocenters. The van der Waals surface area contributed by atoms with E-state index in [1.54, 1.807) is 0 Å². The van der Waals surface area contributed by atoms with E-state index >= 15 is 0 Å². The molecular formula is C9H15NO4. The maximum atomic E-state index is 11.4. The van der Waals surface area contributed by atoms with Crippen molar-refractivity contribution in [2.45, 2.75) is 24.2 Å².